The van der Waals surface area contributed by atoms with Crippen molar-refractivity contribution in [2.24, 2.45) is 5.92 Å². The predicted molar refractivity (Wildman–Crippen MR) is 75.5 cm³/mol. The Balaban J connectivity index is 1.67. The van der Waals surface area contributed by atoms with Crippen LogP contribution in [0.3, 0.4) is 0 Å². The van der Waals surface area contributed by atoms with Crippen LogP contribution in [0.1, 0.15) is 25.7 Å². The van der Waals surface area contributed by atoms with Crippen LogP contribution in [0.5, 0.6) is 0 Å². The highest BCUT2D eigenvalue weighted by molar-refractivity contribution is 5.76. The van der Waals surface area contributed by atoms with Crippen molar-refractivity contribution in [1.29, 1.82) is 0 Å². The quantitative estimate of drug-likeness (QED) is 0.743. The molecule has 114 valence electrons. The first-order chi connectivity index (χ1) is 9.65. The molecule has 0 aliphatic carbocycles. The molecule has 6 nitrogen and oxygen atoms in total. The maximum absolute atomic E-state index is 12.2. The predicted octanol–water partition coefficient (Wildman–Crippen LogP) is -0.00500. The van der Waals surface area contributed by atoms with Gasteiger partial charge >= 0.3 is 5.97 Å². The van der Waals surface area contributed by atoms with Crippen molar-refractivity contribution in [3.05, 3.63) is 0 Å². The van der Waals surface area contributed by atoms with Gasteiger partial charge in [0.15, 0.2) is 0 Å². The lowest BCUT2D eigenvalue weighted by atomic mass is 9.95. The Hall–Kier alpha value is -1.14. The molecule has 2 heterocycles. The average Bonchev–Trinajstić information content (AvgIpc) is 2.46. The summed E-state index contributed by atoms with van der Waals surface area (Å²) in [4.78, 5) is 26.8. The normalized spacial score (nSPS) is 24.6. The zero-order valence-corrected chi connectivity index (χ0v) is 12.0. The van der Waals surface area contributed by atoms with Crippen LogP contribution in [-0.4, -0.2) is 72.6 Å². The smallest absolute Gasteiger partial charge is 0.304 e. The highest BCUT2D eigenvalue weighted by Crippen LogP contribution is 2.16. The molecule has 0 spiro atoms. The van der Waals surface area contributed by atoms with E-state index >= 15 is 0 Å². The second kappa shape index (κ2) is 7.59. The Bertz CT molecular complexity index is 335. The summed E-state index contributed by atoms with van der Waals surface area (Å²) in [5, 5.41) is 12.0. The van der Waals surface area contributed by atoms with Gasteiger partial charge in [-0.25, -0.2) is 0 Å². The number of piperidine rings is 1. The van der Waals surface area contributed by atoms with E-state index in [1.807, 2.05) is 4.90 Å². The first-order valence-electron chi connectivity index (χ1n) is 7.58. The van der Waals surface area contributed by atoms with Gasteiger partial charge in [-0.1, -0.05) is 0 Å². The number of carbonyl (C=O) groups is 2. The van der Waals surface area contributed by atoms with E-state index in [4.69, 9.17) is 5.11 Å². The lowest BCUT2D eigenvalue weighted by Gasteiger charge is -2.35. The topological polar surface area (TPSA) is 72.9 Å². The number of carbonyl (C=O) groups excluding carboxylic acids is 1. The molecule has 1 atom stereocenters. The molecule has 1 amide bonds. The molecule has 2 aliphatic heterocycles. The van der Waals surface area contributed by atoms with E-state index in [9.17, 15) is 9.59 Å². The Morgan fingerprint density at radius 2 is 1.95 bits per heavy atom. The third-order valence-electron chi connectivity index (χ3n) is 4.23. The van der Waals surface area contributed by atoms with Crippen molar-refractivity contribution >= 4 is 11.9 Å². The summed E-state index contributed by atoms with van der Waals surface area (Å²) in [7, 11) is 0. The van der Waals surface area contributed by atoms with E-state index in [0.29, 0.717) is 18.9 Å². The first kappa shape index (κ1) is 15.3. The molecular weight excluding hydrogens is 258 g/mol. The van der Waals surface area contributed by atoms with Crippen molar-refractivity contribution in [1.82, 2.24) is 15.1 Å². The molecule has 2 saturated heterocycles. The van der Waals surface area contributed by atoms with Gasteiger partial charge in [-0.15, -0.1) is 0 Å². The minimum absolute atomic E-state index is 0.182. The zero-order chi connectivity index (χ0) is 14.4. The molecule has 1 unspecified atom stereocenters. The fourth-order valence-corrected chi connectivity index (χ4v) is 2.95. The first-order valence-corrected chi connectivity index (χ1v) is 7.58. The summed E-state index contributed by atoms with van der Waals surface area (Å²) < 4.78 is 0. The van der Waals surface area contributed by atoms with Gasteiger partial charge in [-0.3, -0.25) is 14.5 Å². The number of aliphatic carboxylic acids is 1. The molecule has 2 aliphatic rings. The maximum atomic E-state index is 12.2. The van der Waals surface area contributed by atoms with Gasteiger partial charge in [0.2, 0.25) is 5.91 Å². The van der Waals surface area contributed by atoms with Crippen LogP contribution in [0.2, 0.25) is 0 Å². The Morgan fingerprint density at radius 3 is 2.55 bits per heavy atom. The van der Waals surface area contributed by atoms with Gasteiger partial charge < -0.3 is 15.3 Å². The number of carboxylic acid groups (broad SMARTS) is 1. The molecule has 0 aromatic carbocycles. The summed E-state index contributed by atoms with van der Waals surface area (Å²) in [5.41, 5.74) is 0. The fourth-order valence-electron chi connectivity index (χ4n) is 2.95. The molecule has 0 bridgehead atoms. The number of hydrogen-bond acceptors (Lipinski definition) is 4. The van der Waals surface area contributed by atoms with Crippen molar-refractivity contribution in [2.75, 3.05) is 45.8 Å². The number of rotatable bonds is 5. The van der Waals surface area contributed by atoms with Gasteiger partial charge in [0.25, 0.3) is 0 Å². The zero-order valence-electron chi connectivity index (χ0n) is 12.0. The Labute approximate surface area is 120 Å². The van der Waals surface area contributed by atoms with Gasteiger partial charge in [0.1, 0.15) is 0 Å². The maximum Gasteiger partial charge on any atom is 0.304 e. The molecule has 2 rings (SSSR count). The van der Waals surface area contributed by atoms with Gasteiger partial charge in [0.05, 0.1) is 6.42 Å². The number of amides is 1. The molecular formula is C14H25N3O3. The summed E-state index contributed by atoms with van der Waals surface area (Å²) in [5.74, 6) is -0.00817. The molecule has 6 heteroatoms. The van der Waals surface area contributed by atoms with E-state index in [1.54, 1.807) is 0 Å². The van der Waals surface area contributed by atoms with Crippen LogP contribution < -0.4 is 5.32 Å². The SMILES string of the molecule is O=C(O)CCN1CCN(C(=O)CC2CCCNC2)CC1. The lowest BCUT2D eigenvalue weighted by Crippen LogP contribution is -2.49. The second-order valence-corrected chi connectivity index (χ2v) is 5.78. The highest BCUT2D eigenvalue weighted by Gasteiger charge is 2.24. The fraction of sp³-hybridized carbons (Fsp3) is 0.857. The van der Waals surface area contributed by atoms with Gasteiger partial charge in [-0.2, -0.15) is 0 Å². The number of nitrogens with zero attached hydrogens (tertiary/aromatic N) is 2. The van der Waals surface area contributed by atoms with E-state index in [-0.39, 0.29) is 12.3 Å². The molecule has 2 N–H and O–H groups in total. The van der Waals surface area contributed by atoms with Crippen molar-refractivity contribution in [3.63, 3.8) is 0 Å². The van der Waals surface area contributed by atoms with Crippen molar-refractivity contribution in [3.8, 4) is 0 Å². The summed E-state index contributed by atoms with van der Waals surface area (Å²) >= 11 is 0. The van der Waals surface area contributed by atoms with Crippen molar-refractivity contribution in [2.45, 2.75) is 25.7 Å². The third-order valence-corrected chi connectivity index (χ3v) is 4.23. The van der Waals surface area contributed by atoms with Gasteiger partial charge in [-0.05, 0) is 31.8 Å². The standard InChI is InChI=1S/C14H25N3O3/c18-13(10-12-2-1-4-15-11-12)17-8-6-16(7-9-17)5-3-14(19)20/h12,15H,1-11H2,(H,19,20). The number of piperazine rings is 1. The molecule has 0 aromatic heterocycles. The molecule has 2 fully saturated rings. The van der Waals surface area contributed by atoms with Crippen LogP contribution in [0.4, 0.5) is 0 Å². The van der Waals surface area contributed by atoms with Crippen LogP contribution in [0.15, 0.2) is 0 Å². The van der Waals surface area contributed by atoms with Crippen LogP contribution in [0.25, 0.3) is 0 Å². The third kappa shape index (κ3) is 4.76. The molecule has 0 aromatic rings. The Kier molecular flexibility index (Phi) is 5.79. The minimum Gasteiger partial charge on any atom is -0.481 e. The Morgan fingerprint density at radius 1 is 1.20 bits per heavy atom. The number of nitrogens with one attached hydrogen (secondary N) is 1. The van der Waals surface area contributed by atoms with Crippen LogP contribution in [-0.2, 0) is 9.59 Å². The van der Waals surface area contributed by atoms with E-state index in [1.165, 1.54) is 6.42 Å². The number of carboxylic acids is 1. The summed E-state index contributed by atoms with van der Waals surface area (Å²) in [6, 6.07) is 0. The van der Waals surface area contributed by atoms with E-state index in [0.717, 1.165) is 45.7 Å². The average molecular weight is 283 g/mol. The monoisotopic (exact) mass is 283 g/mol. The minimum atomic E-state index is -0.756. The van der Waals surface area contributed by atoms with Crippen LogP contribution >= 0.6 is 0 Å². The lowest BCUT2D eigenvalue weighted by molar-refractivity contribution is -0.138. The van der Waals surface area contributed by atoms with E-state index < -0.39 is 5.97 Å². The summed E-state index contributed by atoms with van der Waals surface area (Å²) in [6.45, 7) is 5.68. The summed E-state index contributed by atoms with van der Waals surface area (Å²) in [6.07, 6.45) is 3.15. The van der Waals surface area contributed by atoms with E-state index in [2.05, 4.69) is 10.2 Å². The molecule has 0 radical (unpaired) electrons. The second-order valence-electron chi connectivity index (χ2n) is 5.78. The van der Waals surface area contributed by atoms with Crippen molar-refractivity contribution < 1.29 is 14.7 Å². The van der Waals surface area contributed by atoms with Crippen LogP contribution in [0, 0.1) is 5.92 Å². The number of hydrogen-bond donors (Lipinski definition) is 2. The highest BCUT2D eigenvalue weighted by atomic mass is 16.4. The molecule has 20 heavy (non-hydrogen) atoms. The van der Waals surface area contributed by atoms with Gasteiger partial charge in [0, 0.05) is 39.1 Å². The largest absolute Gasteiger partial charge is 0.481 e. The molecule has 0 saturated carbocycles.